The number of nitrogens with two attached hydrogens (primary N) is 1. The maximum atomic E-state index is 12.0. The number of carbonyl (C=O) groups is 1. The molecule has 0 unspecified atom stereocenters. The Labute approximate surface area is 63.8 Å². The minimum Gasteiger partial charge on any atom is -0.366 e. The van der Waals surface area contributed by atoms with Gasteiger partial charge in [0.05, 0.1) is 5.57 Å². The fourth-order valence-electron chi connectivity index (χ4n) is 0.326. The second kappa shape index (κ2) is 2.72. The summed E-state index contributed by atoms with van der Waals surface area (Å²) in [5, 5.41) is 0. The van der Waals surface area contributed by atoms with Crippen LogP contribution < -0.4 is 5.73 Å². The van der Waals surface area contributed by atoms with Crippen molar-refractivity contribution in [1.82, 2.24) is 0 Å². The van der Waals surface area contributed by atoms with E-state index in [0.29, 0.717) is 0 Å². The molecule has 0 rings (SSSR count). The Hall–Kier alpha value is -1.14. The van der Waals surface area contributed by atoms with Gasteiger partial charge in [-0.15, -0.1) is 0 Å². The van der Waals surface area contributed by atoms with Crippen LogP contribution in [0.2, 0.25) is 0 Å². The van der Waals surface area contributed by atoms with Crippen molar-refractivity contribution in [2.24, 2.45) is 5.73 Å². The first kappa shape index (κ1) is 10.9. The van der Waals surface area contributed by atoms with Crippen molar-refractivity contribution in [3.63, 3.8) is 0 Å². The molecule has 0 heterocycles. The maximum Gasteiger partial charge on any atom is 0.458 e. The molecule has 0 aromatic carbocycles. The quantitative estimate of drug-likeness (QED) is 0.515. The molecule has 0 aromatic rings. The van der Waals surface area contributed by atoms with E-state index >= 15 is 0 Å². The highest BCUT2D eigenvalue weighted by atomic mass is 19.4. The molecule has 0 saturated carbocycles. The van der Waals surface area contributed by atoms with Crippen LogP contribution in [-0.2, 0) is 4.79 Å². The van der Waals surface area contributed by atoms with Gasteiger partial charge in [-0.05, 0) is 0 Å². The predicted octanol–water partition coefficient (Wildman–Crippen LogP) is 1.23. The lowest BCUT2D eigenvalue weighted by molar-refractivity contribution is -0.263. The van der Waals surface area contributed by atoms with E-state index < -0.39 is 23.6 Å². The molecule has 1 amide bonds. The third kappa shape index (κ3) is 1.72. The van der Waals surface area contributed by atoms with Crippen molar-refractivity contribution in [2.75, 3.05) is 0 Å². The standard InChI is InChI=1S/C5H4F5NO/c1-2(3(11)12)4(6,7)5(8,9)10/h1H2,(H2,11,12). The van der Waals surface area contributed by atoms with Crippen LogP contribution in [0.15, 0.2) is 12.2 Å². The van der Waals surface area contributed by atoms with E-state index in [1.54, 1.807) is 0 Å². The summed E-state index contributed by atoms with van der Waals surface area (Å²) in [7, 11) is 0. The number of halogens is 5. The second-order valence-corrected chi connectivity index (χ2v) is 1.91. The van der Waals surface area contributed by atoms with E-state index in [1.807, 2.05) is 0 Å². The maximum absolute atomic E-state index is 12.0. The lowest BCUT2D eigenvalue weighted by Gasteiger charge is -2.19. The van der Waals surface area contributed by atoms with E-state index in [1.165, 1.54) is 0 Å². The van der Waals surface area contributed by atoms with Gasteiger partial charge in [0.25, 0.3) is 0 Å². The third-order valence-corrected chi connectivity index (χ3v) is 1.03. The molecule has 0 atom stereocenters. The summed E-state index contributed by atoms with van der Waals surface area (Å²) >= 11 is 0. The van der Waals surface area contributed by atoms with Gasteiger partial charge in [0, 0.05) is 0 Å². The van der Waals surface area contributed by atoms with Crippen LogP contribution in [0.5, 0.6) is 0 Å². The SMILES string of the molecule is C=C(C(N)=O)C(F)(F)C(F)(F)F. The van der Waals surface area contributed by atoms with Crippen LogP contribution in [0, 0.1) is 0 Å². The Morgan fingerprint density at radius 3 is 1.58 bits per heavy atom. The summed E-state index contributed by atoms with van der Waals surface area (Å²) in [6.45, 7) is 2.25. The summed E-state index contributed by atoms with van der Waals surface area (Å²) in [6, 6.07) is 0. The monoisotopic (exact) mass is 189 g/mol. The Morgan fingerprint density at radius 1 is 1.17 bits per heavy atom. The normalized spacial score (nSPS) is 12.8. The highest BCUT2D eigenvalue weighted by molar-refractivity contribution is 5.93. The molecule has 2 N–H and O–H groups in total. The molecule has 2 nitrogen and oxygen atoms in total. The van der Waals surface area contributed by atoms with Crippen LogP contribution in [0.25, 0.3) is 0 Å². The van der Waals surface area contributed by atoms with E-state index in [4.69, 9.17) is 0 Å². The number of hydrogen-bond acceptors (Lipinski definition) is 1. The molecule has 0 spiro atoms. The smallest absolute Gasteiger partial charge is 0.366 e. The van der Waals surface area contributed by atoms with E-state index in [2.05, 4.69) is 12.3 Å². The Morgan fingerprint density at radius 2 is 1.50 bits per heavy atom. The molecule has 0 saturated heterocycles. The molecule has 0 aliphatic heterocycles. The van der Waals surface area contributed by atoms with Gasteiger partial charge in [-0.25, -0.2) is 0 Å². The first-order valence-electron chi connectivity index (χ1n) is 2.54. The number of primary amides is 1. The molecule has 0 radical (unpaired) electrons. The van der Waals surface area contributed by atoms with Crippen molar-refractivity contribution in [3.05, 3.63) is 12.2 Å². The van der Waals surface area contributed by atoms with Crippen LogP contribution >= 0.6 is 0 Å². The van der Waals surface area contributed by atoms with Crippen LogP contribution in [0.4, 0.5) is 22.0 Å². The summed E-state index contributed by atoms with van der Waals surface area (Å²) in [5.41, 5.74) is 2.24. The van der Waals surface area contributed by atoms with Gasteiger partial charge in [-0.3, -0.25) is 4.79 Å². The van der Waals surface area contributed by atoms with Gasteiger partial charge in [-0.2, -0.15) is 22.0 Å². The van der Waals surface area contributed by atoms with Crippen LogP contribution in [0.3, 0.4) is 0 Å². The Balaban J connectivity index is 4.87. The lowest BCUT2D eigenvalue weighted by atomic mass is 10.1. The zero-order chi connectivity index (χ0) is 10.2. The zero-order valence-corrected chi connectivity index (χ0v) is 5.58. The topological polar surface area (TPSA) is 43.1 Å². The minimum atomic E-state index is -5.83. The molecule has 0 aliphatic rings. The molecule has 0 aromatic heterocycles. The van der Waals surface area contributed by atoms with Crippen molar-refractivity contribution in [3.8, 4) is 0 Å². The number of hydrogen-bond donors (Lipinski definition) is 1. The highest BCUT2D eigenvalue weighted by Crippen LogP contribution is 2.39. The number of rotatable bonds is 2. The first-order chi connectivity index (χ1) is 5.10. The Kier molecular flexibility index (Phi) is 2.46. The molecule has 70 valence electrons. The van der Waals surface area contributed by atoms with Gasteiger partial charge in [0.2, 0.25) is 5.91 Å². The molecule has 0 bridgehead atoms. The first-order valence-corrected chi connectivity index (χ1v) is 2.54. The predicted molar refractivity (Wildman–Crippen MR) is 29.3 cm³/mol. The second-order valence-electron chi connectivity index (χ2n) is 1.91. The van der Waals surface area contributed by atoms with Gasteiger partial charge >= 0.3 is 12.1 Å². The molecule has 0 fully saturated rings. The lowest BCUT2D eigenvalue weighted by Crippen LogP contribution is -2.42. The van der Waals surface area contributed by atoms with Crippen molar-refractivity contribution in [2.45, 2.75) is 12.1 Å². The molecule has 7 heteroatoms. The fraction of sp³-hybridized carbons (Fsp3) is 0.400. The van der Waals surface area contributed by atoms with Crippen molar-refractivity contribution < 1.29 is 26.7 Å². The number of amides is 1. The summed E-state index contributed by atoms with van der Waals surface area (Å²) in [6.07, 6.45) is -5.83. The molecule has 12 heavy (non-hydrogen) atoms. The average Bonchev–Trinajstić information content (AvgIpc) is 1.83. The largest absolute Gasteiger partial charge is 0.458 e. The molecular formula is C5H4F5NO. The Bertz CT molecular complexity index is 218. The highest BCUT2D eigenvalue weighted by Gasteiger charge is 2.60. The number of carbonyl (C=O) groups excluding carboxylic acids is 1. The van der Waals surface area contributed by atoms with Gasteiger partial charge in [0.15, 0.2) is 0 Å². The fourth-order valence-corrected chi connectivity index (χ4v) is 0.326. The number of alkyl halides is 5. The minimum absolute atomic E-state index is 1.88. The van der Waals surface area contributed by atoms with Crippen LogP contribution in [-0.4, -0.2) is 18.0 Å². The van der Waals surface area contributed by atoms with Gasteiger partial charge in [0.1, 0.15) is 0 Å². The summed E-state index contributed by atoms with van der Waals surface area (Å²) < 4.78 is 58.4. The molecular weight excluding hydrogens is 185 g/mol. The van der Waals surface area contributed by atoms with Crippen LogP contribution in [0.1, 0.15) is 0 Å². The van der Waals surface area contributed by atoms with E-state index in [-0.39, 0.29) is 0 Å². The average molecular weight is 189 g/mol. The van der Waals surface area contributed by atoms with Crippen molar-refractivity contribution in [1.29, 1.82) is 0 Å². The molecule has 0 aliphatic carbocycles. The van der Waals surface area contributed by atoms with Gasteiger partial charge < -0.3 is 5.73 Å². The van der Waals surface area contributed by atoms with Crippen molar-refractivity contribution >= 4 is 5.91 Å². The third-order valence-electron chi connectivity index (χ3n) is 1.03. The summed E-state index contributed by atoms with van der Waals surface area (Å²) in [4.78, 5) is 9.94. The van der Waals surface area contributed by atoms with E-state index in [0.717, 1.165) is 0 Å². The summed E-state index contributed by atoms with van der Waals surface area (Å²) in [5.74, 6) is -7.13. The van der Waals surface area contributed by atoms with E-state index in [9.17, 15) is 26.7 Å². The van der Waals surface area contributed by atoms with Gasteiger partial charge in [-0.1, -0.05) is 6.58 Å². The zero-order valence-electron chi connectivity index (χ0n) is 5.58.